The molecule has 1 aromatic heterocycles. The molecule has 0 radical (unpaired) electrons. The molecule has 0 fully saturated rings. The monoisotopic (exact) mass is 375 g/mol. The van der Waals surface area contributed by atoms with Gasteiger partial charge in [0.1, 0.15) is 0 Å². The van der Waals surface area contributed by atoms with Gasteiger partial charge in [-0.15, -0.1) is 0 Å². The molecule has 0 saturated heterocycles. The molecule has 0 saturated carbocycles. The number of para-hydroxylation sites is 1. The predicted molar refractivity (Wildman–Crippen MR) is 104 cm³/mol. The van der Waals surface area contributed by atoms with Gasteiger partial charge in [-0.2, -0.15) is 5.10 Å². The van der Waals surface area contributed by atoms with Crippen LogP contribution in [0.1, 0.15) is 39.0 Å². The number of fused-ring (bicyclic) bond motifs is 1. The van der Waals surface area contributed by atoms with Crippen LogP contribution in [0.25, 0.3) is 5.69 Å². The molecule has 1 aliphatic rings. The van der Waals surface area contributed by atoms with Gasteiger partial charge < -0.3 is 9.64 Å². The number of benzene rings is 2. The third-order valence-electron chi connectivity index (χ3n) is 4.83. The minimum absolute atomic E-state index is 0.0477. The Kier molecular flexibility index (Phi) is 4.93. The molecule has 0 spiro atoms. The van der Waals surface area contributed by atoms with Crippen molar-refractivity contribution >= 4 is 11.9 Å². The Morgan fingerprint density at radius 2 is 1.71 bits per heavy atom. The van der Waals surface area contributed by atoms with E-state index >= 15 is 0 Å². The van der Waals surface area contributed by atoms with Gasteiger partial charge >= 0.3 is 5.97 Å². The molecule has 2 heterocycles. The van der Waals surface area contributed by atoms with E-state index in [9.17, 15) is 9.59 Å². The average Bonchev–Trinajstić information content (AvgIpc) is 3.13. The Morgan fingerprint density at radius 3 is 2.39 bits per heavy atom. The van der Waals surface area contributed by atoms with E-state index in [2.05, 4.69) is 5.10 Å². The quantitative estimate of drug-likeness (QED) is 0.657. The maximum absolute atomic E-state index is 12.9. The molecular weight excluding hydrogens is 354 g/mol. The Bertz CT molecular complexity index is 997. The van der Waals surface area contributed by atoms with E-state index in [4.69, 9.17) is 4.74 Å². The highest BCUT2D eigenvalue weighted by molar-refractivity contribution is 5.95. The summed E-state index contributed by atoms with van der Waals surface area (Å²) < 4.78 is 7.00. The summed E-state index contributed by atoms with van der Waals surface area (Å²) >= 11 is 0. The summed E-state index contributed by atoms with van der Waals surface area (Å²) in [5.74, 6) is -0.504. The van der Waals surface area contributed by atoms with Gasteiger partial charge in [0.2, 0.25) is 0 Å². The number of hydrogen-bond acceptors (Lipinski definition) is 4. The van der Waals surface area contributed by atoms with Crippen molar-refractivity contribution in [3.05, 3.63) is 83.2 Å². The van der Waals surface area contributed by atoms with Crippen LogP contribution < -0.4 is 0 Å². The van der Waals surface area contributed by atoms with Crippen molar-refractivity contribution in [2.75, 3.05) is 13.2 Å². The fourth-order valence-corrected chi connectivity index (χ4v) is 3.50. The highest BCUT2D eigenvalue weighted by Gasteiger charge is 2.31. The van der Waals surface area contributed by atoms with Crippen LogP contribution in [0, 0.1) is 0 Å². The first-order valence-electron chi connectivity index (χ1n) is 9.36. The van der Waals surface area contributed by atoms with Crippen LogP contribution >= 0.6 is 0 Å². The van der Waals surface area contributed by atoms with Gasteiger partial charge in [-0.05, 0) is 31.2 Å². The molecule has 28 heavy (non-hydrogen) atoms. The Balaban J connectivity index is 1.72. The Labute approximate surface area is 163 Å². The molecule has 142 valence electrons. The maximum Gasteiger partial charge on any atom is 0.359 e. The van der Waals surface area contributed by atoms with E-state index < -0.39 is 5.97 Å². The van der Waals surface area contributed by atoms with Gasteiger partial charge in [-0.25, -0.2) is 9.48 Å². The Hall–Kier alpha value is -3.41. The largest absolute Gasteiger partial charge is 0.461 e. The van der Waals surface area contributed by atoms with Gasteiger partial charge in [0, 0.05) is 24.1 Å². The van der Waals surface area contributed by atoms with Crippen molar-refractivity contribution in [2.45, 2.75) is 19.9 Å². The number of rotatable bonds is 4. The summed E-state index contributed by atoms with van der Waals surface area (Å²) in [7, 11) is 0. The number of nitrogens with zero attached hydrogens (tertiary/aromatic N) is 3. The first-order valence-corrected chi connectivity index (χ1v) is 9.36. The van der Waals surface area contributed by atoms with Crippen LogP contribution in [0.4, 0.5) is 0 Å². The highest BCUT2D eigenvalue weighted by atomic mass is 16.5. The predicted octanol–water partition coefficient (Wildman–Crippen LogP) is 3.25. The number of carbonyl (C=O) groups excluding carboxylic acids is 2. The minimum Gasteiger partial charge on any atom is -0.461 e. The van der Waals surface area contributed by atoms with E-state index in [1.807, 2.05) is 48.5 Å². The standard InChI is InChI=1S/C22H21N3O3/c1-2-28-22(27)20-18-15-24(21(26)16-9-5-3-6-10-16)14-13-19(18)25(23-20)17-11-7-4-8-12-17/h3-12H,2,13-15H2,1H3. The molecule has 0 aliphatic carbocycles. The second-order valence-corrected chi connectivity index (χ2v) is 6.58. The van der Waals surface area contributed by atoms with Gasteiger partial charge in [0.15, 0.2) is 5.69 Å². The topological polar surface area (TPSA) is 64.4 Å². The van der Waals surface area contributed by atoms with E-state index in [0.29, 0.717) is 25.1 Å². The molecule has 0 atom stereocenters. The highest BCUT2D eigenvalue weighted by Crippen LogP contribution is 2.27. The summed E-state index contributed by atoms with van der Waals surface area (Å²) in [6.07, 6.45) is 0.620. The van der Waals surface area contributed by atoms with Crippen LogP contribution in [-0.4, -0.2) is 39.7 Å². The zero-order valence-electron chi connectivity index (χ0n) is 15.7. The van der Waals surface area contributed by atoms with Crippen LogP contribution in [0.3, 0.4) is 0 Å². The fourth-order valence-electron chi connectivity index (χ4n) is 3.50. The number of carbonyl (C=O) groups is 2. The van der Waals surface area contributed by atoms with Gasteiger partial charge in [0.05, 0.1) is 24.5 Å². The van der Waals surface area contributed by atoms with Gasteiger partial charge in [-0.1, -0.05) is 36.4 Å². The Morgan fingerprint density at radius 1 is 1.04 bits per heavy atom. The first kappa shape index (κ1) is 18.0. The number of esters is 1. The van der Waals surface area contributed by atoms with Crippen LogP contribution in [0.5, 0.6) is 0 Å². The van der Waals surface area contributed by atoms with E-state index in [1.165, 1.54) is 0 Å². The second kappa shape index (κ2) is 7.68. The third kappa shape index (κ3) is 3.29. The summed E-state index contributed by atoms with van der Waals surface area (Å²) in [6, 6.07) is 18.9. The maximum atomic E-state index is 12.9. The van der Waals surface area contributed by atoms with Crippen molar-refractivity contribution in [1.82, 2.24) is 14.7 Å². The lowest BCUT2D eigenvalue weighted by Crippen LogP contribution is -2.36. The van der Waals surface area contributed by atoms with Crippen molar-refractivity contribution in [2.24, 2.45) is 0 Å². The first-order chi connectivity index (χ1) is 13.7. The SMILES string of the molecule is CCOC(=O)c1nn(-c2ccccc2)c2c1CN(C(=O)c1ccccc1)CC2. The number of aromatic nitrogens is 2. The van der Waals surface area contributed by atoms with Gasteiger partial charge in [0.25, 0.3) is 5.91 Å². The minimum atomic E-state index is -0.456. The second-order valence-electron chi connectivity index (χ2n) is 6.58. The zero-order valence-corrected chi connectivity index (χ0v) is 15.7. The number of hydrogen-bond donors (Lipinski definition) is 0. The lowest BCUT2D eigenvalue weighted by atomic mass is 10.0. The number of ether oxygens (including phenoxy) is 1. The smallest absolute Gasteiger partial charge is 0.359 e. The van der Waals surface area contributed by atoms with E-state index in [0.717, 1.165) is 16.9 Å². The van der Waals surface area contributed by atoms with Crippen molar-refractivity contribution < 1.29 is 14.3 Å². The molecule has 6 heteroatoms. The summed E-state index contributed by atoms with van der Waals surface area (Å²) in [6.45, 7) is 2.95. The molecule has 1 aliphatic heterocycles. The molecule has 2 aromatic carbocycles. The summed E-state index contributed by atoms with van der Waals surface area (Å²) in [4.78, 5) is 27.1. The summed E-state index contributed by atoms with van der Waals surface area (Å²) in [5.41, 5.74) is 3.52. The van der Waals surface area contributed by atoms with E-state index in [1.54, 1.807) is 28.6 Å². The van der Waals surface area contributed by atoms with Crippen LogP contribution in [-0.2, 0) is 17.7 Å². The molecule has 1 amide bonds. The molecule has 3 aromatic rings. The molecule has 6 nitrogen and oxygen atoms in total. The lowest BCUT2D eigenvalue weighted by Gasteiger charge is -2.28. The van der Waals surface area contributed by atoms with Crippen molar-refractivity contribution in [3.63, 3.8) is 0 Å². The molecule has 0 N–H and O–H groups in total. The zero-order chi connectivity index (χ0) is 19.5. The molecule has 4 rings (SSSR count). The summed E-state index contributed by atoms with van der Waals surface area (Å²) in [5, 5.41) is 4.55. The molecular formula is C22H21N3O3. The average molecular weight is 375 g/mol. The lowest BCUT2D eigenvalue weighted by molar-refractivity contribution is 0.0513. The normalized spacial score (nSPS) is 13.1. The third-order valence-corrected chi connectivity index (χ3v) is 4.83. The van der Waals surface area contributed by atoms with Crippen molar-refractivity contribution in [3.8, 4) is 5.69 Å². The number of amides is 1. The fraction of sp³-hybridized carbons (Fsp3) is 0.227. The molecule has 0 unspecified atom stereocenters. The van der Waals surface area contributed by atoms with E-state index in [-0.39, 0.29) is 18.2 Å². The van der Waals surface area contributed by atoms with Crippen LogP contribution in [0.2, 0.25) is 0 Å². The van der Waals surface area contributed by atoms with Crippen molar-refractivity contribution in [1.29, 1.82) is 0 Å². The van der Waals surface area contributed by atoms with Gasteiger partial charge in [-0.3, -0.25) is 4.79 Å². The van der Waals surface area contributed by atoms with Crippen LogP contribution in [0.15, 0.2) is 60.7 Å². The molecule has 0 bridgehead atoms.